The molecule has 0 radical (unpaired) electrons. The van der Waals surface area contributed by atoms with Crippen molar-refractivity contribution < 1.29 is 4.52 Å². The van der Waals surface area contributed by atoms with Gasteiger partial charge in [0.1, 0.15) is 0 Å². The Hall–Kier alpha value is -1.72. The molecule has 3 rings (SSSR count). The Bertz CT molecular complexity index is 525. The minimum absolute atomic E-state index is 0.374. The van der Waals surface area contributed by atoms with E-state index >= 15 is 0 Å². The molecule has 1 fully saturated rings. The Morgan fingerprint density at radius 2 is 2.21 bits per heavy atom. The zero-order valence-corrected chi connectivity index (χ0v) is 11.0. The van der Waals surface area contributed by atoms with E-state index < -0.39 is 0 Å². The topological polar surface area (TPSA) is 54.2 Å². The molecule has 1 aliphatic rings. The normalized spacial score (nSPS) is 20.6. The lowest BCUT2D eigenvalue weighted by atomic mass is 10.0. The maximum absolute atomic E-state index is 5.18. The minimum Gasteiger partial charge on any atom is -0.338 e. The number of rotatable bonds is 3. The van der Waals surface area contributed by atoms with Crippen LogP contribution in [0.5, 0.6) is 0 Å². The SMILES string of the molecule is Cc1noc(CN2CCNC(c3ccccc3)C2)n1. The van der Waals surface area contributed by atoms with E-state index in [4.69, 9.17) is 4.52 Å². The predicted molar refractivity (Wildman–Crippen MR) is 71.5 cm³/mol. The molecule has 2 heterocycles. The van der Waals surface area contributed by atoms with Crippen LogP contribution in [0.3, 0.4) is 0 Å². The highest BCUT2D eigenvalue weighted by molar-refractivity contribution is 5.19. The Labute approximate surface area is 112 Å². The van der Waals surface area contributed by atoms with Crippen LogP contribution in [-0.2, 0) is 6.54 Å². The molecule has 0 spiro atoms. The van der Waals surface area contributed by atoms with Crippen molar-refractivity contribution in [2.45, 2.75) is 19.5 Å². The molecule has 2 aromatic rings. The van der Waals surface area contributed by atoms with Gasteiger partial charge in [0.25, 0.3) is 0 Å². The summed E-state index contributed by atoms with van der Waals surface area (Å²) in [5.74, 6) is 1.40. The van der Waals surface area contributed by atoms with Crippen LogP contribution in [0.25, 0.3) is 0 Å². The monoisotopic (exact) mass is 258 g/mol. The number of benzene rings is 1. The third-order valence-corrected chi connectivity index (χ3v) is 3.39. The van der Waals surface area contributed by atoms with E-state index in [0.717, 1.165) is 26.2 Å². The lowest BCUT2D eigenvalue weighted by Crippen LogP contribution is -2.45. The molecule has 1 saturated heterocycles. The van der Waals surface area contributed by atoms with E-state index in [1.165, 1.54) is 5.56 Å². The highest BCUT2D eigenvalue weighted by atomic mass is 16.5. The third kappa shape index (κ3) is 3.00. The van der Waals surface area contributed by atoms with E-state index in [-0.39, 0.29) is 0 Å². The molecule has 0 saturated carbocycles. The molecule has 1 aromatic heterocycles. The Morgan fingerprint density at radius 1 is 1.37 bits per heavy atom. The van der Waals surface area contributed by atoms with Gasteiger partial charge in [0, 0.05) is 25.7 Å². The van der Waals surface area contributed by atoms with Crippen LogP contribution in [-0.4, -0.2) is 34.7 Å². The van der Waals surface area contributed by atoms with Crippen LogP contribution in [0.4, 0.5) is 0 Å². The Kier molecular flexibility index (Phi) is 3.57. The van der Waals surface area contributed by atoms with Crippen molar-refractivity contribution in [2.75, 3.05) is 19.6 Å². The fraction of sp³-hybridized carbons (Fsp3) is 0.429. The first-order valence-corrected chi connectivity index (χ1v) is 6.61. The third-order valence-electron chi connectivity index (χ3n) is 3.39. The first-order chi connectivity index (χ1) is 9.31. The fourth-order valence-corrected chi connectivity index (χ4v) is 2.46. The quantitative estimate of drug-likeness (QED) is 0.904. The summed E-state index contributed by atoms with van der Waals surface area (Å²) in [5.41, 5.74) is 1.33. The maximum Gasteiger partial charge on any atom is 0.240 e. The zero-order chi connectivity index (χ0) is 13.1. The molecule has 1 N–H and O–H groups in total. The van der Waals surface area contributed by atoms with Gasteiger partial charge >= 0.3 is 0 Å². The summed E-state index contributed by atoms with van der Waals surface area (Å²) in [7, 11) is 0. The largest absolute Gasteiger partial charge is 0.338 e. The van der Waals surface area contributed by atoms with Gasteiger partial charge in [-0.3, -0.25) is 4.90 Å². The average molecular weight is 258 g/mol. The molecular formula is C14H18N4O. The van der Waals surface area contributed by atoms with Crippen LogP contribution in [0.1, 0.15) is 23.3 Å². The Balaban J connectivity index is 1.65. The number of nitrogens with one attached hydrogen (secondary N) is 1. The van der Waals surface area contributed by atoms with E-state index in [1.807, 2.05) is 13.0 Å². The van der Waals surface area contributed by atoms with Crippen molar-refractivity contribution in [1.29, 1.82) is 0 Å². The van der Waals surface area contributed by atoms with Crippen LogP contribution < -0.4 is 5.32 Å². The van der Waals surface area contributed by atoms with Crippen molar-refractivity contribution in [2.24, 2.45) is 0 Å². The second-order valence-electron chi connectivity index (χ2n) is 4.89. The second-order valence-corrected chi connectivity index (χ2v) is 4.89. The summed E-state index contributed by atoms with van der Waals surface area (Å²) in [5, 5.41) is 7.38. The van der Waals surface area contributed by atoms with E-state index in [1.54, 1.807) is 0 Å². The van der Waals surface area contributed by atoms with E-state index in [0.29, 0.717) is 17.8 Å². The molecule has 1 aliphatic heterocycles. The van der Waals surface area contributed by atoms with Crippen LogP contribution in [0.15, 0.2) is 34.9 Å². The lowest BCUT2D eigenvalue weighted by molar-refractivity contribution is 0.172. The van der Waals surface area contributed by atoms with Crippen LogP contribution in [0, 0.1) is 6.92 Å². The summed E-state index contributed by atoms with van der Waals surface area (Å²) in [6, 6.07) is 10.9. The molecule has 100 valence electrons. The minimum atomic E-state index is 0.374. The maximum atomic E-state index is 5.18. The summed E-state index contributed by atoms with van der Waals surface area (Å²) < 4.78 is 5.18. The van der Waals surface area contributed by atoms with Crippen molar-refractivity contribution >= 4 is 0 Å². The van der Waals surface area contributed by atoms with Crippen molar-refractivity contribution in [1.82, 2.24) is 20.4 Å². The number of aryl methyl sites for hydroxylation is 1. The number of hydrogen-bond acceptors (Lipinski definition) is 5. The second kappa shape index (κ2) is 5.50. The summed E-state index contributed by atoms with van der Waals surface area (Å²) in [6.45, 7) is 5.52. The van der Waals surface area contributed by atoms with Gasteiger partial charge in [0.15, 0.2) is 5.82 Å². The van der Waals surface area contributed by atoms with Gasteiger partial charge in [-0.2, -0.15) is 4.98 Å². The van der Waals surface area contributed by atoms with Gasteiger partial charge in [-0.05, 0) is 12.5 Å². The molecule has 5 nitrogen and oxygen atoms in total. The van der Waals surface area contributed by atoms with Gasteiger partial charge in [0.05, 0.1) is 6.54 Å². The van der Waals surface area contributed by atoms with Crippen LogP contribution >= 0.6 is 0 Å². The van der Waals surface area contributed by atoms with Crippen molar-refractivity contribution in [3.63, 3.8) is 0 Å². The molecule has 0 amide bonds. The average Bonchev–Trinajstić information content (AvgIpc) is 2.85. The van der Waals surface area contributed by atoms with E-state index in [2.05, 4.69) is 44.6 Å². The molecule has 1 aromatic carbocycles. The highest BCUT2D eigenvalue weighted by Crippen LogP contribution is 2.18. The Morgan fingerprint density at radius 3 is 2.95 bits per heavy atom. The fourth-order valence-electron chi connectivity index (χ4n) is 2.46. The lowest BCUT2D eigenvalue weighted by Gasteiger charge is -2.33. The first kappa shape index (κ1) is 12.3. The number of aromatic nitrogens is 2. The van der Waals surface area contributed by atoms with Gasteiger partial charge in [-0.1, -0.05) is 35.5 Å². The smallest absolute Gasteiger partial charge is 0.240 e. The molecule has 0 aliphatic carbocycles. The van der Waals surface area contributed by atoms with Crippen molar-refractivity contribution in [3.8, 4) is 0 Å². The molecule has 1 unspecified atom stereocenters. The number of hydrogen-bond donors (Lipinski definition) is 1. The molecule has 5 heteroatoms. The van der Waals surface area contributed by atoms with Gasteiger partial charge in [-0.25, -0.2) is 0 Å². The number of piperazine rings is 1. The summed E-state index contributed by atoms with van der Waals surface area (Å²) in [6.07, 6.45) is 0. The van der Waals surface area contributed by atoms with E-state index in [9.17, 15) is 0 Å². The molecule has 19 heavy (non-hydrogen) atoms. The first-order valence-electron chi connectivity index (χ1n) is 6.61. The molecule has 1 atom stereocenters. The van der Waals surface area contributed by atoms with Crippen LogP contribution in [0.2, 0.25) is 0 Å². The predicted octanol–water partition coefficient (Wildman–Crippen LogP) is 1.52. The van der Waals surface area contributed by atoms with Gasteiger partial charge < -0.3 is 9.84 Å². The summed E-state index contributed by atoms with van der Waals surface area (Å²) in [4.78, 5) is 6.61. The van der Waals surface area contributed by atoms with Crippen molar-refractivity contribution in [3.05, 3.63) is 47.6 Å². The highest BCUT2D eigenvalue weighted by Gasteiger charge is 2.21. The summed E-state index contributed by atoms with van der Waals surface area (Å²) >= 11 is 0. The van der Waals surface area contributed by atoms with Gasteiger partial charge in [0.2, 0.25) is 5.89 Å². The number of nitrogens with zero attached hydrogens (tertiary/aromatic N) is 3. The standard InChI is InChI=1S/C14H18N4O/c1-11-16-14(19-17-11)10-18-8-7-15-13(9-18)12-5-3-2-4-6-12/h2-6,13,15H,7-10H2,1H3. The van der Waals surface area contributed by atoms with Gasteiger partial charge in [-0.15, -0.1) is 0 Å². The molecular weight excluding hydrogens is 240 g/mol. The molecule has 0 bridgehead atoms. The zero-order valence-electron chi connectivity index (χ0n) is 11.0.